The van der Waals surface area contributed by atoms with Crippen molar-refractivity contribution in [2.45, 2.75) is 35.9 Å². The first-order valence-electron chi connectivity index (χ1n) is 11.6. The average molecular weight is 549 g/mol. The van der Waals surface area contributed by atoms with Gasteiger partial charge in [-0.3, -0.25) is 0 Å². The first kappa shape index (κ1) is 34.4. The normalized spacial score (nSPS) is 21.1. The van der Waals surface area contributed by atoms with Gasteiger partial charge in [-0.05, 0) is 0 Å². The molecule has 212 valence electrons. The molecule has 5 unspecified atom stereocenters. The molecule has 0 bridgehead atoms. The molecule has 0 amide bonds. The van der Waals surface area contributed by atoms with Gasteiger partial charge in [0.05, 0.1) is 64.9 Å². The van der Waals surface area contributed by atoms with Crippen LogP contribution in [-0.2, 0) is 23.6 Å². The summed E-state index contributed by atoms with van der Waals surface area (Å²) in [6, 6.07) is -0.0106. The molecule has 1 saturated heterocycles. The molecule has 0 aromatic carbocycles. The molecular weight excluding hydrogens is 514 g/mol. The van der Waals surface area contributed by atoms with Gasteiger partial charge < -0.3 is 49.8 Å². The second-order valence-corrected chi connectivity index (χ2v) is 8.31. The summed E-state index contributed by atoms with van der Waals surface area (Å²) >= 11 is 0. The predicted octanol–water partition coefficient (Wildman–Crippen LogP) is -4.93. The Morgan fingerprint density at radius 2 is 1.77 bits per heavy atom. The molecule has 0 spiro atoms. The number of hydrogen-bond acceptors (Lipinski definition) is 13. The van der Waals surface area contributed by atoms with Gasteiger partial charge in [0.25, 0.3) is 6.33 Å². The largest absolute Gasteiger partial charge is 0.395 e. The lowest BCUT2D eigenvalue weighted by Crippen LogP contribution is -2.48. The fraction of sp³-hybridized carbons (Fsp3) is 0.591. The van der Waals surface area contributed by atoms with Crippen LogP contribution >= 0.6 is 0 Å². The number of aromatic nitrogens is 6. The van der Waals surface area contributed by atoms with E-state index in [0.29, 0.717) is 0 Å². The van der Waals surface area contributed by atoms with Crippen molar-refractivity contribution in [2.75, 3.05) is 33.0 Å². The minimum absolute atomic E-state index is 0.327. The summed E-state index contributed by atoms with van der Waals surface area (Å²) in [6.07, 6.45) is 7.47. The van der Waals surface area contributed by atoms with Crippen LogP contribution in [0.5, 0.6) is 0 Å². The Morgan fingerprint density at radius 3 is 2.15 bits per heavy atom. The SMILES string of the molecule is C[n+]1cccnc1.Cn1cnc2cncnc21.[B]C(CO)OC(CO)(CO)CO.[B]C1OC(CO)C(O)C1O. The fourth-order valence-electron chi connectivity index (χ4n) is 2.84. The van der Waals surface area contributed by atoms with Crippen LogP contribution in [0.25, 0.3) is 11.2 Å². The van der Waals surface area contributed by atoms with Gasteiger partial charge in [-0.1, -0.05) is 4.98 Å². The molecule has 0 aliphatic carbocycles. The molecule has 1 fully saturated rings. The van der Waals surface area contributed by atoms with Gasteiger partial charge in [0.2, 0.25) is 0 Å². The zero-order valence-electron chi connectivity index (χ0n) is 21.7. The molecule has 4 heterocycles. The van der Waals surface area contributed by atoms with E-state index in [1.807, 2.05) is 35.5 Å². The van der Waals surface area contributed by atoms with Crippen LogP contribution < -0.4 is 4.57 Å². The van der Waals surface area contributed by atoms with Gasteiger partial charge in [0.1, 0.15) is 51.5 Å². The fourth-order valence-corrected chi connectivity index (χ4v) is 2.84. The van der Waals surface area contributed by atoms with Crippen molar-refractivity contribution in [1.82, 2.24) is 24.5 Å². The van der Waals surface area contributed by atoms with Crippen LogP contribution in [-0.4, -0.2) is 145 Å². The second-order valence-electron chi connectivity index (χ2n) is 8.31. The molecule has 39 heavy (non-hydrogen) atoms. The van der Waals surface area contributed by atoms with E-state index in [2.05, 4.69) is 19.9 Å². The molecule has 0 saturated carbocycles. The van der Waals surface area contributed by atoms with Crippen LogP contribution in [0.3, 0.4) is 0 Å². The van der Waals surface area contributed by atoms with Gasteiger partial charge in [0, 0.05) is 25.1 Å². The highest BCUT2D eigenvalue weighted by Gasteiger charge is 2.39. The Labute approximate surface area is 228 Å². The van der Waals surface area contributed by atoms with E-state index in [4.69, 9.17) is 60.9 Å². The Hall–Kier alpha value is -2.60. The number of nitrogens with zero attached hydrogens (tertiary/aromatic N) is 6. The Morgan fingerprint density at radius 1 is 1.10 bits per heavy atom. The van der Waals surface area contributed by atoms with E-state index in [-0.39, 0.29) is 6.61 Å². The first-order chi connectivity index (χ1) is 18.6. The van der Waals surface area contributed by atoms with Crippen LogP contribution in [0.4, 0.5) is 0 Å². The topological polar surface area (TPSA) is 220 Å². The standard InChI is InChI=1S/C6H13BO5.C6H6N4.C5H9BO4.C5H7N2/c7-5(1-8)12-6(2-9,3-10)4-11;1-10-4-9-5-2-7-3-8-6(5)10;6-5-4(9)3(8)2(1-7)10-5;1-7-4-2-3-6-5-7/h5,8-11H,1-4H2;2-4H,1H3;2-5,7-9H,1H2;2-5H,1H3/q;;;+1. The Kier molecular flexibility index (Phi) is 15.8. The third-order valence-corrected chi connectivity index (χ3v) is 5.14. The highest BCUT2D eigenvalue weighted by Crippen LogP contribution is 2.18. The second kappa shape index (κ2) is 17.9. The van der Waals surface area contributed by atoms with E-state index < -0.39 is 62.3 Å². The minimum Gasteiger partial charge on any atom is -0.395 e. The minimum atomic E-state index is -1.47. The maximum atomic E-state index is 9.01. The zero-order valence-corrected chi connectivity index (χ0v) is 21.7. The lowest BCUT2D eigenvalue weighted by molar-refractivity contribution is -0.674. The molecule has 17 heteroatoms. The molecule has 1 aliphatic heterocycles. The van der Waals surface area contributed by atoms with Crippen LogP contribution in [0.1, 0.15) is 0 Å². The Bertz CT molecular complexity index is 1040. The molecule has 1 aliphatic rings. The molecular formula is C22H35B2N6O9+. The maximum Gasteiger partial charge on any atom is 0.285 e. The molecule has 7 N–H and O–H groups in total. The van der Waals surface area contributed by atoms with Crippen molar-refractivity contribution in [2.24, 2.45) is 14.1 Å². The van der Waals surface area contributed by atoms with Crippen molar-refractivity contribution < 1.29 is 49.8 Å². The summed E-state index contributed by atoms with van der Waals surface area (Å²) in [7, 11) is 14.2. The van der Waals surface area contributed by atoms with E-state index in [9.17, 15) is 0 Å². The molecule has 5 atom stereocenters. The number of ether oxygens (including phenoxy) is 2. The molecule has 15 nitrogen and oxygen atoms in total. The quantitative estimate of drug-likeness (QED) is 0.109. The highest BCUT2D eigenvalue weighted by atomic mass is 16.6. The third kappa shape index (κ3) is 11.2. The van der Waals surface area contributed by atoms with Gasteiger partial charge >= 0.3 is 0 Å². The van der Waals surface area contributed by atoms with Crippen molar-refractivity contribution in [3.05, 3.63) is 43.6 Å². The molecule has 4 rings (SSSR count). The number of hydrogen-bond donors (Lipinski definition) is 7. The molecule has 3 aromatic rings. The van der Waals surface area contributed by atoms with Crippen molar-refractivity contribution in [3.8, 4) is 0 Å². The number of imidazole rings is 1. The summed E-state index contributed by atoms with van der Waals surface area (Å²) in [6.45, 7) is -2.46. The number of aliphatic hydroxyl groups excluding tert-OH is 7. The van der Waals surface area contributed by atoms with E-state index >= 15 is 0 Å². The van der Waals surface area contributed by atoms with Crippen molar-refractivity contribution in [1.29, 1.82) is 0 Å². The molecule has 3 aromatic heterocycles. The van der Waals surface area contributed by atoms with Gasteiger partial charge in [-0.15, -0.1) is 0 Å². The van der Waals surface area contributed by atoms with Crippen molar-refractivity contribution in [3.63, 3.8) is 0 Å². The maximum absolute atomic E-state index is 9.01. The number of rotatable bonds is 7. The smallest absolute Gasteiger partial charge is 0.285 e. The molecule has 4 radical (unpaired) electrons. The Balaban J connectivity index is 0.000000263. The number of aliphatic hydroxyl groups is 7. The predicted molar refractivity (Wildman–Crippen MR) is 137 cm³/mol. The van der Waals surface area contributed by atoms with Gasteiger partial charge in [-0.2, -0.15) is 0 Å². The summed E-state index contributed by atoms with van der Waals surface area (Å²) in [5.74, 6) is 0. The number of fused-ring (bicyclic) bond motifs is 1. The summed E-state index contributed by atoms with van der Waals surface area (Å²) in [4.78, 5) is 15.8. The summed E-state index contributed by atoms with van der Waals surface area (Å²) < 4.78 is 13.3. The summed E-state index contributed by atoms with van der Waals surface area (Å²) in [5.41, 5.74) is 0.238. The monoisotopic (exact) mass is 549 g/mol. The van der Waals surface area contributed by atoms with Crippen LogP contribution in [0.15, 0.2) is 43.6 Å². The van der Waals surface area contributed by atoms with Crippen LogP contribution in [0, 0.1) is 0 Å². The van der Waals surface area contributed by atoms with E-state index in [1.54, 1.807) is 25.0 Å². The van der Waals surface area contributed by atoms with Gasteiger partial charge in [-0.25, -0.2) is 19.5 Å². The highest BCUT2D eigenvalue weighted by molar-refractivity contribution is 6.11. The summed E-state index contributed by atoms with van der Waals surface area (Å²) in [5, 5.41) is 61.2. The zero-order chi connectivity index (χ0) is 29.4. The average Bonchev–Trinajstić information content (AvgIpc) is 3.47. The lowest BCUT2D eigenvalue weighted by Gasteiger charge is -2.30. The first-order valence-corrected chi connectivity index (χ1v) is 11.6. The lowest BCUT2D eigenvalue weighted by atomic mass is 9.93. The van der Waals surface area contributed by atoms with E-state index in [0.717, 1.165) is 11.2 Å². The third-order valence-electron chi connectivity index (χ3n) is 5.14. The van der Waals surface area contributed by atoms with Crippen LogP contribution in [0.2, 0.25) is 0 Å². The van der Waals surface area contributed by atoms with E-state index in [1.165, 1.54) is 6.33 Å². The van der Waals surface area contributed by atoms with Crippen molar-refractivity contribution >= 4 is 26.9 Å². The van der Waals surface area contributed by atoms with Gasteiger partial charge in [0.15, 0.2) is 5.65 Å². The number of aryl methyl sites for hydroxylation is 2.